The Bertz CT molecular complexity index is 561. The van der Waals surface area contributed by atoms with Crippen LogP contribution in [0.25, 0.3) is 5.78 Å². The maximum atomic E-state index is 12.9. The van der Waals surface area contributed by atoms with Gasteiger partial charge < -0.3 is 9.84 Å². The minimum Gasteiger partial charge on any atom is -0.491 e. The van der Waals surface area contributed by atoms with Gasteiger partial charge in [0, 0.05) is 0 Å². The van der Waals surface area contributed by atoms with Crippen LogP contribution in [0.2, 0.25) is 0 Å². The maximum Gasteiger partial charge on any atom is 0.337 e. The highest BCUT2D eigenvalue weighted by Gasteiger charge is 2.15. The van der Waals surface area contributed by atoms with Gasteiger partial charge in [-0.1, -0.05) is 0 Å². The average Bonchev–Trinajstić information content (AvgIpc) is 2.58. The number of rotatable bonds is 2. The summed E-state index contributed by atoms with van der Waals surface area (Å²) < 4.78 is 18.6. The minimum absolute atomic E-state index is 0.0472. The Labute approximate surface area is 82.1 Å². The molecule has 8 heteroatoms. The lowest BCUT2D eigenvalue weighted by molar-refractivity contribution is 0.310. The monoisotopic (exact) mass is 214 g/mol. The Kier molecular flexibility index (Phi) is 2.03. The van der Waals surface area contributed by atoms with Crippen LogP contribution in [0.1, 0.15) is 6.92 Å². The zero-order valence-corrected chi connectivity index (χ0v) is 7.69. The zero-order chi connectivity index (χ0) is 11.0. The first-order valence-electron chi connectivity index (χ1n) is 4.13. The maximum absolute atomic E-state index is 12.9. The van der Waals surface area contributed by atoms with Gasteiger partial charge in [0.15, 0.2) is 0 Å². The summed E-state index contributed by atoms with van der Waals surface area (Å²) in [6.45, 7) is 2.04. The van der Waals surface area contributed by atoms with E-state index in [4.69, 9.17) is 4.74 Å². The van der Waals surface area contributed by atoms with E-state index < -0.39 is 17.3 Å². The van der Waals surface area contributed by atoms with Crippen molar-refractivity contribution in [3.05, 3.63) is 16.2 Å². The van der Waals surface area contributed by atoms with Crippen LogP contribution in [0.4, 0.5) is 4.39 Å². The van der Waals surface area contributed by atoms with E-state index in [1.807, 2.05) is 0 Å². The van der Waals surface area contributed by atoms with E-state index in [0.717, 1.165) is 4.52 Å². The van der Waals surface area contributed by atoms with E-state index in [0.29, 0.717) is 6.61 Å². The fraction of sp³-hybridized carbons (Fsp3) is 0.286. The lowest BCUT2D eigenvalue weighted by atomic mass is 10.6. The van der Waals surface area contributed by atoms with E-state index >= 15 is 0 Å². The van der Waals surface area contributed by atoms with Crippen LogP contribution in [-0.2, 0) is 0 Å². The van der Waals surface area contributed by atoms with Gasteiger partial charge >= 0.3 is 6.01 Å². The summed E-state index contributed by atoms with van der Waals surface area (Å²) in [4.78, 5) is 16.7. The van der Waals surface area contributed by atoms with Crippen molar-refractivity contribution in [2.45, 2.75) is 6.92 Å². The number of hydrogen-bond acceptors (Lipinski definition) is 5. The van der Waals surface area contributed by atoms with E-state index in [1.165, 1.54) is 0 Å². The number of aromatic nitrogens is 4. The van der Waals surface area contributed by atoms with Gasteiger partial charge in [0.2, 0.25) is 11.6 Å². The number of aromatic amines is 1. The number of nitrogens with one attached hydrogen (secondary N) is 1. The zero-order valence-electron chi connectivity index (χ0n) is 7.69. The quantitative estimate of drug-likeness (QED) is 0.713. The number of fused-ring (bicyclic) bond motifs is 1. The summed E-state index contributed by atoms with van der Waals surface area (Å²) in [6, 6.07) is -0.0472. The first-order valence-corrected chi connectivity index (χ1v) is 4.13. The molecule has 2 aromatic rings. The van der Waals surface area contributed by atoms with Crippen molar-refractivity contribution in [2.24, 2.45) is 0 Å². The summed E-state index contributed by atoms with van der Waals surface area (Å²) in [5, 5.41) is 12.9. The summed E-state index contributed by atoms with van der Waals surface area (Å²) in [6.07, 6.45) is 0. The van der Waals surface area contributed by atoms with E-state index in [2.05, 4.69) is 15.1 Å². The number of aromatic hydroxyl groups is 1. The van der Waals surface area contributed by atoms with Crippen LogP contribution in [0.15, 0.2) is 4.79 Å². The van der Waals surface area contributed by atoms with Crippen molar-refractivity contribution in [3.63, 3.8) is 0 Å². The van der Waals surface area contributed by atoms with Crippen molar-refractivity contribution in [2.75, 3.05) is 6.61 Å². The first-order chi connectivity index (χ1) is 7.13. The van der Waals surface area contributed by atoms with Crippen molar-refractivity contribution in [1.82, 2.24) is 19.6 Å². The normalized spacial score (nSPS) is 10.8. The molecule has 0 unspecified atom stereocenters. The molecule has 15 heavy (non-hydrogen) atoms. The summed E-state index contributed by atoms with van der Waals surface area (Å²) in [5.74, 6) is -2.29. The molecule has 0 amide bonds. The summed E-state index contributed by atoms with van der Waals surface area (Å²) in [5.41, 5.74) is -1.06. The molecule has 0 saturated carbocycles. The molecule has 2 heterocycles. The third kappa shape index (κ3) is 1.39. The molecular formula is C7H7FN4O3. The Hall–Kier alpha value is -2.12. The molecule has 0 fully saturated rings. The lowest BCUT2D eigenvalue weighted by Crippen LogP contribution is -2.13. The molecule has 0 radical (unpaired) electrons. The predicted molar refractivity (Wildman–Crippen MR) is 46.4 cm³/mol. The van der Waals surface area contributed by atoms with Crippen molar-refractivity contribution in [1.29, 1.82) is 0 Å². The lowest BCUT2D eigenvalue weighted by Gasteiger charge is -1.95. The van der Waals surface area contributed by atoms with Crippen LogP contribution in [-0.4, -0.2) is 31.3 Å². The van der Waals surface area contributed by atoms with Crippen molar-refractivity contribution < 1.29 is 14.2 Å². The highest BCUT2D eigenvalue weighted by molar-refractivity contribution is 5.32. The molecule has 7 nitrogen and oxygen atoms in total. The molecule has 2 N–H and O–H groups in total. The van der Waals surface area contributed by atoms with Crippen LogP contribution in [0.5, 0.6) is 11.9 Å². The molecule has 2 aromatic heterocycles. The van der Waals surface area contributed by atoms with Crippen LogP contribution in [0.3, 0.4) is 0 Å². The highest BCUT2D eigenvalue weighted by Crippen LogP contribution is 2.13. The van der Waals surface area contributed by atoms with Gasteiger partial charge in [0.1, 0.15) is 0 Å². The van der Waals surface area contributed by atoms with Gasteiger partial charge in [-0.15, -0.1) is 5.10 Å². The topological polar surface area (TPSA) is 92.5 Å². The number of hydrogen-bond donors (Lipinski definition) is 2. The van der Waals surface area contributed by atoms with E-state index in [-0.39, 0.29) is 11.8 Å². The Morgan fingerprint density at radius 2 is 2.40 bits per heavy atom. The Morgan fingerprint density at radius 1 is 1.67 bits per heavy atom. The standard InChI is InChI=1S/C7H7FN4O3/c1-2-15-7-10-6-9-4(13)3(8)5(14)12(6)11-7/h14H,2H2,1H3,(H,9,10,11,13). The number of nitrogens with zero attached hydrogens (tertiary/aromatic N) is 3. The molecule has 0 aliphatic heterocycles. The SMILES string of the molecule is CCOc1nc2[nH]c(=O)c(F)c(O)n2n1. The van der Waals surface area contributed by atoms with Gasteiger partial charge in [0.05, 0.1) is 6.61 Å². The van der Waals surface area contributed by atoms with Crippen molar-refractivity contribution in [3.8, 4) is 11.9 Å². The molecule has 0 atom stereocenters. The minimum atomic E-state index is -1.31. The molecule has 0 saturated heterocycles. The van der Waals surface area contributed by atoms with Gasteiger partial charge in [-0.25, -0.2) is 0 Å². The summed E-state index contributed by atoms with van der Waals surface area (Å²) >= 11 is 0. The second-order valence-corrected chi connectivity index (χ2v) is 2.65. The third-order valence-corrected chi connectivity index (χ3v) is 1.68. The fourth-order valence-corrected chi connectivity index (χ4v) is 1.06. The molecule has 0 spiro atoms. The molecule has 0 bridgehead atoms. The summed E-state index contributed by atoms with van der Waals surface area (Å²) in [7, 11) is 0. The predicted octanol–water partition coefficient (Wildman–Crippen LogP) is -0.339. The molecule has 0 aliphatic rings. The Morgan fingerprint density at radius 3 is 3.07 bits per heavy atom. The number of ether oxygens (including phenoxy) is 1. The third-order valence-electron chi connectivity index (χ3n) is 1.68. The van der Waals surface area contributed by atoms with Gasteiger partial charge in [-0.05, 0) is 6.92 Å². The second-order valence-electron chi connectivity index (χ2n) is 2.65. The van der Waals surface area contributed by atoms with Crippen LogP contribution < -0.4 is 10.3 Å². The first kappa shape index (κ1) is 9.44. The average molecular weight is 214 g/mol. The smallest absolute Gasteiger partial charge is 0.337 e. The number of H-pyrrole nitrogens is 1. The van der Waals surface area contributed by atoms with Crippen LogP contribution >= 0.6 is 0 Å². The van der Waals surface area contributed by atoms with Crippen molar-refractivity contribution >= 4 is 5.78 Å². The van der Waals surface area contributed by atoms with Crippen LogP contribution in [0, 0.1) is 5.82 Å². The fourth-order valence-electron chi connectivity index (χ4n) is 1.06. The van der Waals surface area contributed by atoms with Gasteiger partial charge in [-0.2, -0.15) is 13.9 Å². The molecule has 0 aliphatic carbocycles. The second kappa shape index (κ2) is 3.23. The van der Waals surface area contributed by atoms with Gasteiger partial charge in [-0.3, -0.25) is 9.78 Å². The highest BCUT2D eigenvalue weighted by atomic mass is 19.1. The molecule has 80 valence electrons. The van der Waals surface area contributed by atoms with E-state index in [1.54, 1.807) is 6.92 Å². The molecular weight excluding hydrogens is 207 g/mol. The number of halogens is 1. The molecule has 2 rings (SSSR count). The van der Waals surface area contributed by atoms with Gasteiger partial charge in [0.25, 0.3) is 11.4 Å². The molecule has 0 aromatic carbocycles. The van der Waals surface area contributed by atoms with E-state index in [9.17, 15) is 14.3 Å². The Balaban J connectivity index is 2.71. The largest absolute Gasteiger partial charge is 0.491 e.